The third kappa shape index (κ3) is 3.16. The summed E-state index contributed by atoms with van der Waals surface area (Å²) in [6, 6.07) is 5.27. The first-order valence-electron chi connectivity index (χ1n) is 3.81. The molecule has 1 rings (SSSR count). The van der Waals surface area contributed by atoms with Crippen LogP contribution in [0, 0.1) is 5.82 Å². The summed E-state index contributed by atoms with van der Waals surface area (Å²) in [6.45, 7) is -0.277. The summed E-state index contributed by atoms with van der Waals surface area (Å²) in [4.78, 5) is 23.8. The maximum Gasteiger partial charge on any atom is 0.246 e. The van der Waals surface area contributed by atoms with Gasteiger partial charge in [0.1, 0.15) is 12.4 Å². The van der Waals surface area contributed by atoms with Crippen LogP contribution < -0.4 is 5.32 Å². The van der Waals surface area contributed by atoms with Crippen LogP contribution in [0.2, 0.25) is 0 Å². The third-order valence-corrected chi connectivity index (χ3v) is 1.42. The summed E-state index contributed by atoms with van der Waals surface area (Å²) < 4.78 is 12.4. The number of isocyanates is 1. The van der Waals surface area contributed by atoms with E-state index in [4.69, 9.17) is 0 Å². The van der Waals surface area contributed by atoms with Crippen LogP contribution in [-0.4, -0.2) is 18.5 Å². The molecule has 0 fully saturated rings. The van der Waals surface area contributed by atoms with Gasteiger partial charge >= 0.3 is 0 Å². The predicted molar refractivity (Wildman–Crippen MR) is 48.0 cm³/mol. The van der Waals surface area contributed by atoms with Crippen molar-refractivity contribution >= 4 is 17.7 Å². The Labute approximate surface area is 79.5 Å². The number of aliphatic imine (C=N–C) groups is 1. The van der Waals surface area contributed by atoms with Crippen LogP contribution in [0.4, 0.5) is 10.1 Å². The van der Waals surface area contributed by atoms with Crippen LogP contribution in [0.5, 0.6) is 0 Å². The van der Waals surface area contributed by atoms with E-state index in [9.17, 15) is 14.0 Å². The number of hydrogen-bond acceptors (Lipinski definition) is 3. The largest absolute Gasteiger partial charge is 0.324 e. The topological polar surface area (TPSA) is 58.5 Å². The van der Waals surface area contributed by atoms with E-state index in [1.165, 1.54) is 30.3 Å². The van der Waals surface area contributed by atoms with Crippen molar-refractivity contribution in [1.82, 2.24) is 0 Å². The highest BCUT2D eigenvalue weighted by molar-refractivity contribution is 5.92. The lowest BCUT2D eigenvalue weighted by molar-refractivity contribution is -0.114. The Hall–Kier alpha value is -2.00. The summed E-state index contributed by atoms with van der Waals surface area (Å²) >= 11 is 0. The van der Waals surface area contributed by atoms with Gasteiger partial charge in [-0.05, 0) is 24.3 Å². The standard InChI is InChI=1S/C9H7FN2O2/c10-7-1-3-8(4-2-7)12-9(14)5-11-6-13/h1-4H,5H2,(H,12,14). The van der Waals surface area contributed by atoms with E-state index >= 15 is 0 Å². The van der Waals surface area contributed by atoms with Crippen molar-refractivity contribution in [3.63, 3.8) is 0 Å². The Morgan fingerprint density at radius 1 is 1.43 bits per heavy atom. The van der Waals surface area contributed by atoms with E-state index in [0.717, 1.165) is 0 Å². The number of nitrogens with zero attached hydrogens (tertiary/aromatic N) is 1. The molecule has 0 heterocycles. The van der Waals surface area contributed by atoms with Gasteiger partial charge in [-0.3, -0.25) is 4.79 Å². The Balaban J connectivity index is 2.56. The van der Waals surface area contributed by atoms with E-state index in [2.05, 4.69) is 10.3 Å². The molecule has 0 spiro atoms. The smallest absolute Gasteiger partial charge is 0.246 e. The minimum absolute atomic E-state index is 0.277. The van der Waals surface area contributed by atoms with Crippen LogP contribution in [0.3, 0.4) is 0 Å². The zero-order valence-electron chi connectivity index (χ0n) is 7.16. The SMILES string of the molecule is O=C=NCC(=O)Nc1ccc(F)cc1. The quantitative estimate of drug-likeness (QED) is 0.578. The number of halogens is 1. The van der Waals surface area contributed by atoms with Crippen molar-refractivity contribution in [2.45, 2.75) is 0 Å². The highest BCUT2D eigenvalue weighted by Gasteiger charge is 2.00. The van der Waals surface area contributed by atoms with Gasteiger partial charge in [-0.15, -0.1) is 0 Å². The normalized spacial score (nSPS) is 8.93. The molecule has 0 aliphatic carbocycles. The van der Waals surface area contributed by atoms with Crippen molar-refractivity contribution in [2.24, 2.45) is 4.99 Å². The molecule has 4 nitrogen and oxygen atoms in total. The van der Waals surface area contributed by atoms with Crippen molar-refractivity contribution in [3.8, 4) is 0 Å². The maximum absolute atomic E-state index is 12.4. The first kappa shape index (κ1) is 10.1. The summed E-state index contributed by atoms with van der Waals surface area (Å²) in [6.07, 6.45) is 1.25. The second-order valence-corrected chi connectivity index (χ2v) is 2.46. The van der Waals surface area contributed by atoms with Crippen LogP contribution in [0.25, 0.3) is 0 Å². The van der Waals surface area contributed by atoms with Gasteiger partial charge in [-0.1, -0.05) is 0 Å². The minimum atomic E-state index is -0.444. The third-order valence-electron chi connectivity index (χ3n) is 1.42. The fraction of sp³-hybridized carbons (Fsp3) is 0.111. The second-order valence-electron chi connectivity index (χ2n) is 2.46. The molecule has 0 saturated heterocycles. The molecular formula is C9H7FN2O2. The molecule has 14 heavy (non-hydrogen) atoms. The number of rotatable bonds is 3. The van der Waals surface area contributed by atoms with Crippen LogP contribution in [-0.2, 0) is 9.59 Å². The van der Waals surface area contributed by atoms with E-state index < -0.39 is 5.91 Å². The molecule has 0 aliphatic rings. The van der Waals surface area contributed by atoms with Crippen LogP contribution in [0.15, 0.2) is 29.3 Å². The molecule has 0 radical (unpaired) electrons. The Kier molecular flexibility index (Phi) is 3.52. The summed E-state index contributed by atoms with van der Waals surface area (Å²) in [5.74, 6) is -0.825. The number of carbonyl (C=O) groups is 1. The summed E-state index contributed by atoms with van der Waals surface area (Å²) in [5.41, 5.74) is 0.456. The van der Waals surface area contributed by atoms with Crippen molar-refractivity contribution in [3.05, 3.63) is 30.1 Å². The van der Waals surface area contributed by atoms with Gasteiger partial charge in [0.25, 0.3) is 0 Å². The lowest BCUT2D eigenvalue weighted by atomic mass is 10.3. The molecule has 1 N–H and O–H groups in total. The average Bonchev–Trinajstić information content (AvgIpc) is 2.18. The number of nitrogens with one attached hydrogen (secondary N) is 1. The van der Waals surface area contributed by atoms with E-state index in [1.54, 1.807) is 0 Å². The highest BCUT2D eigenvalue weighted by Crippen LogP contribution is 2.07. The number of amides is 1. The molecule has 0 atom stereocenters. The molecule has 0 aromatic heterocycles. The number of hydrogen-bond donors (Lipinski definition) is 1. The number of carbonyl (C=O) groups excluding carboxylic acids is 2. The average molecular weight is 194 g/mol. The molecule has 1 aromatic rings. The fourth-order valence-electron chi connectivity index (χ4n) is 0.838. The molecule has 0 bridgehead atoms. The lowest BCUT2D eigenvalue weighted by Crippen LogP contribution is -2.14. The van der Waals surface area contributed by atoms with E-state index in [0.29, 0.717) is 5.69 Å². The monoisotopic (exact) mass is 194 g/mol. The highest BCUT2D eigenvalue weighted by atomic mass is 19.1. The Bertz CT molecular complexity index is 369. The molecule has 0 aliphatic heterocycles. The molecule has 1 amide bonds. The number of anilines is 1. The Morgan fingerprint density at radius 2 is 2.07 bits per heavy atom. The van der Waals surface area contributed by atoms with Crippen LogP contribution in [0.1, 0.15) is 0 Å². The fourth-order valence-corrected chi connectivity index (χ4v) is 0.838. The summed E-state index contributed by atoms with van der Waals surface area (Å²) in [7, 11) is 0. The number of benzene rings is 1. The van der Waals surface area contributed by atoms with Gasteiger partial charge in [0, 0.05) is 5.69 Å². The molecule has 5 heteroatoms. The molecular weight excluding hydrogens is 187 g/mol. The lowest BCUT2D eigenvalue weighted by Gasteiger charge is -2.01. The second kappa shape index (κ2) is 4.89. The van der Waals surface area contributed by atoms with Gasteiger partial charge in [0.2, 0.25) is 12.0 Å². The van der Waals surface area contributed by atoms with Crippen molar-refractivity contribution in [1.29, 1.82) is 0 Å². The maximum atomic E-state index is 12.4. The van der Waals surface area contributed by atoms with E-state index in [-0.39, 0.29) is 12.4 Å². The Morgan fingerprint density at radius 3 is 2.64 bits per heavy atom. The van der Waals surface area contributed by atoms with E-state index in [1.807, 2.05) is 0 Å². The molecule has 0 saturated carbocycles. The zero-order chi connectivity index (χ0) is 10.4. The zero-order valence-corrected chi connectivity index (χ0v) is 7.16. The predicted octanol–water partition coefficient (Wildman–Crippen LogP) is 1.10. The van der Waals surface area contributed by atoms with Crippen molar-refractivity contribution in [2.75, 3.05) is 11.9 Å². The van der Waals surface area contributed by atoms with Gasteiger partial charge < -0.3 is 5.32 Å². The molecule has 72 valence electrons. The van der Waals surface area contributed by atoms with Crippen LogP contribution >= 0.6 is 0 Å². The molecule has 0 unspecified atom stereocenters. The van der Waals surface area contributed by atoms with Gasteiger partial charge in [-0.25, -0.2) is 9.18 Å². The van der Waals surface area contributed by atoms with Crippen molar-refractivity contribution < 1.29 is 14.0 Å². The van der Waals surface area contributed by atoms with Gasteiger partial charge in [0.05, 0.1) is 0 Å². The van der Waals surface area contributed by atoms with Gasteiger partial charge in [0.15, 0.2) is 0 Å². The molecule has 1 aromatic carbocycles. The minimum Gasteiger partial charge on any atom is -0.324 e. The van der Waals surface area contributed by atoms with Gasteiger partial charge in [-0.2, -0.15) is 4.99 Å². The first-order valence-corrected chi connectivity index (χ1v) is 3.81. The summed E-state index contributed by atoms with van der Waals surface area (Å²) in [5, 5.41) is 2.43. The first-order chi connectivity index (χ1) is 6.72.